The molecule has 1 amide bonds. The molecule has 1 atom stereocenters. The second-order valence-corrected chi connectivity index (χ2v) is 9.34. The van der Waals surface area contributed by atoms with Gasteiger partial charge in [0.05, 0.1) is 6.26 Å². The van der Waals surface area contributed by atoms with Crippen LogP contribution in [0.15, 0.2) is 47.3 Å². The molecule has 10 heteroatoms. The van der Waals surface area contributed by atoms with Gasteiger partial charge in [0, 0.05) is 12.8 Å². The molecule has 2 rings (SSSR count). The maximum absolute atomic E-state index is 12.7. The van der Waals surface area contributed by atoms with Crippen LogP contribution in [0.25, 0.3) is 0 Å². The average molecular weight is 399 g/mol. The van der Waals surface area contributed by atoms with Crippen molar-refractivity contribution in [2.24, 2.45) is 0 Å². The van der Waals surface area contributed by atoms with E-state index < -0.39 is 22.0 Å². The third kappa shape index (κ3) is 5.36. The highest BCUT2D eigenvalue weighted by molar-refractivity contribution is 8.01. The number of thioether (sulfide) groups is 1. The van der Waals surface area contributed by atoms with E-state index in [0.717, 1.165) is 10.6 Å². The van der Waals surface area contributed by atoms with Gasteiger partial charge in [-0.05, 0) is 5.56 Å². The summed E-state index contributed by atoms with van der Waals surface area (Å²) in [6.07, 6.45) is 2.81. The highest BCUT2D eigenvalue weighted by Crippen LogP contribution is 2.28. The zero-order chi connectivity index (χ0) is 18.4. The van der Waals surface area contributed by atoms with Crippen molar-refractivity contribution >= 4 is 44.2 Å². The smallest absolute Gasteiger partial charge is 0.249 e. The fraction of sp³-hybridized carbons (Fsp3) is 0.267. The largest absolute Gasteiger partial charge is 0.299 e. The molecule has 0 aliphatic heterocycles. The summed E-state index contributed by atoms with van der Waals surface area (Å²) in [4.78, 5) is 12.7. The molecule has 0 saturated carbocycles. The summed E-state index contributed by atoms with van der Waals surface area (Å²) in [5.41, 5.74) is 0.568. The highest BCUT2D eigenvalue weighted by Gasteiger charge is 2.31. The first-order valence-corrected chi connectivity index (χ1v) is 10.8. The Morgan fingerprint density at radius 1 is 1.40 bits per heavy atom. The van der Waals surface area contributed by atoms with Crippen LogP contribution in [0.4, 0.5) is 5.13 Å². The summed E-state index contributed by atoms with van der Waals surface area (Å²) in [6, 6.07) is 7.72. The van der Waals surface area contributed by atoms with Crippen LogP contribution < -0.4 is 5.32 Å². The summed E-state index contributed by atoms with van der Waals surface area (Å²) >= 11 is 2.68. The monoisotopic (exact) mass is 398 g/mol. The summed E-state index contributed by atoms with van der Waals surface area (Å²) in [7, 11) is -2.20. The zero-order valence-corrected chi connectivity index (χ0v) is 16.2. The van der Waals surface area contributed by atoms with Gasteiger partial charge in [-0.2, -0.15) is 4.31 Å². The summed E-state index contributed by atoms with van der Waals surface area (Å²) in [6.45, 7) is 3.63. The molecule has 1 heterocycles. The topological polar surface area (TPSA) is 92.3 Å². The SMILES string of the molecule is C=CCSc1nnc(NC(=O)[C@@H](c2ccccc2)N(C)S(C)(=O)=O)s1. The molecule has 1 aromatic carbocycles. The quantitative estimate of drug-likeness (QED) is 0.417. The van der Waals surface area contributed by atoms with Gasteiger partial charge in [-0.15, -0.1) is 16.8 Å². The van der Waals surface area contributed by atoms with Gasteiger partial charge in [-0.1, -0.05) is 59.5 Å². The fourth-order valence-corrected chi connectivity index (χ4v) is 4.09. The molecule has 1 aromatic heterocycles. The molecular weight excluding hydrogens is 380 g/mol. The third-order valence-electron chi connectivity index (χ3n) is 3.21. The van der Waals surface area contributed by atoms with E-state index in [0.29, 0.717) is 20.8 Å². The number of amides is 1. The average Bonchev–Trinajstić information content (AvgIpc) is 3.00. The van der Waals surface area contributed by atoms with Gasteiger partial charge in [0.15, 0.2) is 4.34 Å². The van der Waals surface area contributed by atoms with Crippen LogP contribution in [0.3, 0.4) is 0 Å². The van der Waals surface area contributed by atoms with Crippen molar-refractivity contribution in [2.75, 3.05) is 24.4 Å². The predicted octanol–water partition coefficient (Wildman–Crippen LogP) is 2.39. The number of carbonyl (C=O) groups excluding carboxylic acids is 1. The lowest BCUT2D eigenvalue weighted by atomic mass is 10.1. The van der Waals surface area contributed by atoms with Crippen molar-refractivity contribution < 1.29 is 13.2 Å². The Hall–Kier alpha value is -1.75. The number of nitrogens with one attached hydrogen (secondary N) is 1. The van der Waals surface area contributed by atoms with E-state index in [1.165, 1.54) is 30.1 Å². The van der Waals surface area contributed by atoms with Crippen molar-refractivity contribution in [1.82, 2.24) is 14.5 Å². The maximum Gasteiger partial charge on any atom is 0.249 e. The number of sulfonamides is 1. The molecule has 0 saturated heterocycles. The van der Waals surface area contributed by atoms with Crippen molar-refractivity contribution in [1.29, 1.82) is 0 Å². The van der Waals surface area contributed by atoms with Crippen molar-refractivity contribution in [2.45, 2.75) is 10.4 Å². The first kappa shape index (κ1) is 19.6. The molecule has 0 aliphatic carbocycles. The lowest BCUT2D eigenvalue weighted by Gasteiger charge is -2.25. The molecule has 0 fully saturated rings. The molecule has 1 N–H and O–H groups in total. The molecule has 0 radical (unpaired) electrons. The number of aromatic nitrogens is 2. The van der Waals surface area contributed by atoms with Crippen LogP contribution >= 0.6 is 23.1 Å². The minimum atomic E-state index is -3.57. The van der Waals surface area contributed by atoms with Gasteiger partial charge < -0.3 is 0 Å². The van der Waals surface area contributed by atoms with Gasteiger partial charge >= 0.3 is 0 Å². The Kier molecular flexibility index (Phi) is 6.71. The van der Waals surface area contributed by atoms with Gasteiger partial charge in [-0.25, -0.2) is 8.42 Å². The van der Waals surface area contributed by atoms with E-state index in [1.807, 2.05) is 0 Å². The molecule has 0 aliphatic rings. The molecule has 2 aromatic rings. The molecule has 134 valence electrons. The van der Waals surface area contributed by atoms with E-state index in [9.17, 15) is 13.2 Å². The number of carbonyl (C=O) groups is 1. The standard InChI is InChI=1S/C15H18N4O3S3/c1-4-10-23-15-18-17-14(24-15)16-13(20)12(19(2)25(3,21)22)11-8-6-5-7-9-11/h4-9,12H,1,10H2,2-3H3,(H,16,17,20)/t12-/m1/s1. The Morgan fingerprint density at radius 3 is 2.68 bits per heavy atom. The first-order chi connectivity index (χ1) is 11.8. The fourth-order valence-electron chi connectivity index (χ4n) is 1.98. The Labute approximate surface area is 155 Å². The van der Waals surface area contributed by atoms with E-state index in [-0.39, 0.29) is 0 Å². The summed E-state index contributed by atoms with van der Waals surface area (Å²) in [5.74, 6) is 0.196. The van der Waals surface area contributed by atoms with Crippen molar-refractivity contribution in [3.8, 4) is 0 Å². The van der Waals surface area contributed by atoms with Crippen molar-refractivity contribution in [3.05, 3.63) is 48.6 Å². The minimum absolute atomic E-state index is 0.319. The van der Waals surface area contributed by atoms with Crippen LogP contribution in [0.5, 0.6) is 0 Å². The van der Waals surface area contributed by atoms with Gasteiger partial charge in [-0.3, -0.25) is 10.1 Å². The molecular formula is C15H18N4O3S3. The van der Waals surface area contributed by atoms with Crippen LogP contribution in [0.1, 0.15) is 11.6 Å². The second kappa shape index (κ2) is 8.56. The number of hydrogen-bond donors (Lipinski definition) is 1. The van der Waals surface area contributed by atoms with Crippen LogP contribution in [-0.4, -0.2) is 47.9 Å². The maximum atomic E-state index is 12.7. The van der Waals surface area contributed by atoms with Gasteiger partial charge in [0.25, 0.3) is 0 Å². The summed E-state index contributed by atoms with van der Waals surface area (Å²) in [5, 5.41) is 10.9. The number of likely N-dealkylation sites (N-methyl/N-ethyl adjacent to an activating group) is 1. The lowest BCUT2D eigenvalue weighted by molar-refractivity contribution is -0.119. The zero-order valence-electron chi connectivity index (χ0n) is 13.7. The molecule has 0 unspecified atom stereocenters. The summed E-state index contributed by atoms with van der Waals surface area (Å²) < 4.78 is 25.6. The number of benzene rings is 1. The Bertz CT molecular complexity index is 837. The van der Waals surface area contributed by atoms with E-state index in [2.05, 4.69) is 22.1 Å². The number of anilines is 1. The van der Waals surface area contributed by atoms with E-state index in [4.69, 9.17) is 0 Å². The van der Waals surface area contributed by atoms with Crippen LogP contribution in [0.2, 0.25) is 0 Å². The molecule has 7 nitrogen and oxygen atoms in total. The molecule has 25 heavy (non-hydrogen) atoms. The Morgan fingerprint density at radius 2 is 2.08 bits per heavy atom. The van der Waals surface area contributed by atoms with Crippen molar-refractivity contribution in [3.63, 3.8) is 0 Å². The predicted molar refractivity (Wildman–Crippen MR) is 101 cm³/mol. The highest BCUT2D eigenvalue weighted by atomic mass is 32.2. The molecule has 0 bridgehead atoms. The number of hydrogen-bond acceptors (Lipinski definition) is 7. The third-order valence-corrected chi connectivity index (χ3v) is 6.44. The van der Waals surface area contributed by atoms with Crippen LogP contribution in [0, 0.1) is 0 Å². The second-order valence-electron chi connectivity index (χ2n) is 5.05. The van der Waals surface area contributed by atoms with Crippen LogP contribution in [-0.2, 0) is 14.8 Å². The minimum Gasteiger partial charge on any atom is -0.299 e. The van der Waals surface area contributed by atoms with Gasteiger partial charge in [0.2, 0.25) is 21.1 Å². The van der Waals surface area contributed by atoms with E-state index >= 15 is 0 Å². The molecule has 0 spiro atoms. The van der Waals surface area contributed by atoms with Gasteiger partial charge in [0.1, 0.15) is 6.04 Å². The number of rotatable bonds is 8. The lowest BCUT2D eigenvalue weighted by Crippen LogP contribution is -2.38. The number of nitrogens with zero attached hydrogens (tertiary/aromatic N) is 3. The first-order valence-electron chi connectivity index (χ1n) is 7.19. The Balaban J connectivity index is 2.24. The normalized spacial score (nSPS) is 12.8. The van der Waals surface area contributed by atoms with E-state index in [1.54, 1.807) is 36.4 Å².